The molecule has 1 aliphatic carbocycles. The smallest absolute Gasteiger partial charge is 0.387 e. The number of aliphatic imine (C=N–C) groups is 1. The third-order valence-corrected chi connectivity index (χ3v) is 2.68. The molecule has 1 aromatic carbocycles. The van der Waals surface area contributed by atoms with E-state index in [4.69, 9.17) is 17.3 Å². The van der Waals surface area contributed by atoms with Gasteiger partial charge in [-0.1, -0.05) is 11.6 Å². The number of rotatable bonds is 2. The van der Waals surface area contributed by atoms with Gasteiger partial charge in [-0.2, -0.15) is 13.2 Å². The number of amidine groups is 1. The Morgan fingerprint density at radius 1 is 1.29 bits per heavy atom. The number of benzene rings is 1. The summed E-state index contributed by atoms with van der Waals surface area (Å²) in [5.41, 5.74) is 4.98. The van der Waals surface area contributed by atoms with Crippen LogP contribution in [0.25, 0.3) is 0 Å². The predicted molar refractivity (Wildman–Crippen MR) is 60.5 cm³/mol. The van der Waals surface area contributed by atoms with Crippen molar-refractivity contribution in [3.05, 3.63) is 28.8 Å². The van der Waals surface area contributed by atoms with Crippen LogP contribution in [0.4, 0.5) is 18.9 Å². The number of alkyl halides is 3. The largest absolute Gasteiger partial charge is 0.416 e. The number of nitrogens with zero attached hydrogens (tertiary/aromatic N) is 1. The molecule has 0 heterocycles. The van der Waals surface area contributed by atoms with Gasteiger partial charge in [-0.15, -0.1) is 0 Å². The minimum absolute atomic E-state index is 0.00201. The van der Waals surface area contributed by atoms with Gasteiger partial charge in [-0.05, 0) is 31.0 Å². The molecule has 92 valence electrons. The normalized spacial score (nSPS) is 17.3. The van der Waals surface area contributed by atoms with Crippen LogP contribution in [0.15, 0.2) is 23.2 Å². The van der Waals surface area contributed by atoms with E-state index in [0.29, 0.717) is 5.84 Å². The van der Waals surface area contributed by atoms with E-state index in [9.17, 15) is 13.2 Å². The second kappa shape index (κ2) is 4.22. The lowest BCUT2D eigenvalue weighted by atomic mass is 10.2. The van der Waals surface area contributed by atoms with E-state index in [2.05, 4.69) is 4.99 Å². The van der Waals surface area contributed by atoms with Crippen molar-refractivity contribution in [1.29, 1.82) is 0 Å². The van der Waals surface area contributed by atoms with E-state index >= 15 is 0 Å². The van der Waals surface area contributed by atoms with Crippen molar-refractivity contribution in [1.82, 2.24) is 0 Å². The van der Waals surface area contributed by atoms with Crippen molar-refractivity contribution in [3.63, 3.8) is 0 Å². The Hall–Kier alpha value is -1.23. The summed E-state index contributed by atoms with van der Waals surface area (Å²) >= 11 is 5.62. The first-order chi connectivity index (χ1) is 7.86. The third-order valence-electron chi connectivity index (χ3n) is 2.46. The van der Waals surface area contributed by atoms with Gasteiger partial charge in [0.25, 0.3) is 0 Å². The van der Waals surface area contributed by atoms with E-state index in [-0.39, 0.29) is 16.6 Å². The highest BCUT2D eigenvalue weighted by Crippen LogP contribution is 2.35. The lowest BCUT2D eigenvalue weighted by molar-refractivity contribution is -0.137. The van der Waals surface area contributed by atoms with Crippen LogP contribution in [0.3, 0.4) is 0 Å². The maximum absolute atomic E-state index is 12.5. The van der Waals surface area contributed by atoms with Gasteiger partial charge in [0, 0.05) is 10.9 Å². The fourth-order valence-corrected chi connectivity index (χ4v) is 1.65. The number of nitrogens with two attached hydrogens (primary N) is 1. The molecule has 2 rings (SSSR count). The molecule has 2 N–H and O–H groups in total. The van der Waals surface area contributed by atoms with Gasteiger partial charge in [0.2, 0.25) is 0 Å². The zero-order valence-corrected chi connectivity index (χ0v) is 9.52. The van der Waals surface area contributed by atoms with Gasteiger partial charge >= 0.3 is 6.18 Å². The molecule has 0 aromatic heterocycles. The van der Waals surface area contributed by atoms with E-state index in [0.717, 1.165) is 25.0 Å². The van der Waals surface area contributed by atoms with Crippen molar-refractivity contribution in [3.8, 4) is 0 Å². The molecule has 0 aliphatic heterocycles. The maximum Gasteiger partial charge on any atom is 0.416 e. The van der Waals surface area contributed by atoms with Gasteiger partial charge in [-0.25, -0.2) is 4.99 Å². The monoisotopic (exact) mass is 262 g/mol. The highest BCUT2D eigenvalue weighted by molar-refractivity contribution is 6.30. The number of hydrogen-bond acceptors (Lipinski definition) is 1. The Labute approximate surface area is 101 Å². The molecule has 0 amide bonds. The molecule has 17 heavy (non-hydrogen) atoms. The molecule has 1 aromatic rings. The highest BCUT2D eigenvalue weighted by Gasteiger charge is 2.31. The Bertz CT molecular complexity index is 464. The molecule has 0 saturated heterocycles. The van der Waals surface area contributed by atoms with Crippen molar-refractivity contribution in [2.24, 2.45) is 16.6 Å². The maximum atomic E-state index is 12.5. The molecule has 0 bridgehead atoms. The van der Waals surface area contributed by atoms with Gasteiger partial charge in [0.15, 0.2) is 0 Å². The lowest BCUT2D eigenvalue weighted by Crippen LogP contribution is -2.13. The summed E-state index contributed by atoms with van der Waals surface area (Å²) in [6.45, 7) is 0. The lowest BCUT2D eigenvalue weighted by Gasteiger charge is -2.08. The summed E-state index contributed by atoms with van der Waals surface area (Å²) in [7, 11) is 0. The minimum atomic E-state index is -4.43. The quantitative estimate of drug-likeness (QED) is 0.640. The number of halogens is 4. The molecule has 0 spiro atoms. The van der Waals surface area contributed by atoms with Gasteiger partial charge in [0.1, 0.15) is 5.84 Å². The van der Waals surface area contributed by atoms with Crippen LogP contribution in [-0.4, -0.2) is 5.84 Å². The second-order valence-electron chi connectivity index (χ2n) is 4.01. The number of hydrogen-bond donors (Lipinski definition) is 1. The molecular weight excluding hydrogens is 253 g/mol. The summed E-state index contributed by atoms with van der Waals surface area (Å²) in [4.78, 5) is 3.97. The van der Waals surface area contributed by atoms with E-state index < -0.39 is 11.7 Å². The van der Waals surface area contributed by atoms with Crippen LogP contribution in [0, 0.1) is 5.92 Å². The molecule has 0 atom stereocenters. The van der Waals surface area contributed by atoms with Crippen LogP contribution < -0.4 is 5.73 Å². The summed E-state index contributed by atoms with van der Waals surface area (Å²) in [6.07, 6.45) is -2.53. The van der Waals surface area contributed by atoms with Gasteiger partial charge < -0.3 is 5.73 Å². The van der Waals surface area contributed by atoms with Gasteiger partial charge in [0.05, 0.1) is 11.3 Å². The Kier molecular flexibility index (Phi) is 3.03. The summed E-state index contributed by atoms with van der Waals surface area (Å²) in [5, 5.41) is 0.00201. The Morgan fingerprint density at radius 2 is 1.94 bits per heavy atom. The molecular formula is C11H10ClF3N2. The van der Waals surface area contributed by atoms with Crippen LogP contribution >= 0.6 is 11.6 Å². The SMILES string of the molecule is NC(=Nc1cc(Cl)cc(C(F)(F)F)c1)C1CC1. The predicted octanol–water partition coefficient (Wildman–Crippen LogP) is 3.76. The molecule has 2 nitrogen and oxygen atoms in total. The summed E-state index contributed by atoms with van der Waals surface area (Å²) in [6, 6.07) is 3.18. The Morgan fingerprint density at radius 3 is 2.47 bits per heavy atom. The fraction of sp³-hybridized carbons (Fsp3) is 0.364. The van der Waals surface area contributed by atoms with Gasteiger partial charge in [-0.3, -0.25) is 0 Å². The average molecular weight is 263 g/mol. The average Bonchev–Trinajstić information content (AvgIpc) is 2.97. The van der Waals surface area contributed by atoms with Crippen molar-refractivity contribution in [2.75, 3.05) is 0 Å². The highest BCUT2D eigenvalue weighted by atomic mass is 35.5. The molecule has 0 radical (unpaired) electrons. The molecule has 1 aliphatic rings. The molecule has 6 heteroatoms. The minimum Gasteiger partial charge on any atom is -0.387 e. The van der Waals surface area contributed by atoms with E-state index in [1.807, 2.05) is 0 Å². The van der Waals surface area contributed by atoms with E-state index in [1.54, 1.807) is 0 Å². The standard InChI is InChI=1S/C11H10ClF3N2/c12-8-3-7(11(13,14)15)4-9(5-8)17-10(16)6-1-2-6/h3-6H,1-2H2,(H2,16,17). The van der Waals surface area contributed by atoms with Crippen LogP contribution in [0.1, 0.15) is 18.4 Å². The van der Waals surface area contributed by atoms with Crippen LogP contribution in [0.2, 0.25) is 5.02 Å². The molecule has 0 unspecified atom stereocenters. The van der Waals surface area contributed by atoms with Crippen molar-refractivity contribution in [2.45, 2.75) is 19.0 Å². The third kappa shape index (κ3) is 3.12. The van der Waals surface area contributed by atoms with Crippen LogP contribution in [0.5, 0.6) is 0 Å². The zero-order chi connectivity index (χ0) is 12.6. The van der Waals surface area contributed by atoms with Crippen LogP contribution in [-0.2, 0) is 6.18 Å². The van der Waals surface area contributed by atoms with Crippen molar-refractivity contribution < 1.29 is 13.2 Å². The fourth-order valence-electron chi connectivity index (χ4n) is 1.42. The second-order valence-corrected chi connectivity index (χ2v) is 4.44. The van der Waals surface area contributed by atoms with E-state index in [1.165, 1.54) is 6.07 Å². The Balaban J connectivity index is 2.34. The first-order valence-corrected chi connectivity index (χ1v) is 5.46. The summed E-state index contributed by atoms with van der Waals surface area (Å²) in [5.74, 6) is 0.587. The molecule has 1 saturated carbocycles. The first kappa shape index (κ1) is 12.2. The topological polar surface area (TPSA) is 38.4 Å². The molecule has 1 fully saturated rings. The zero-order valence-electron chi connectivity index (χ0n) is 8.76. The first-order valence-electron chi connectivity index (χ1n) is 5.08. The van der Waals surface area contributed by atoms with Crippen molar-refractivity contribution >= 4 is 23.1 Å². The summed E-state index contributed by atoms with van der Waals surface area (Å²) < 4.78 is 37.6.